The van der Waals surface area contributed by atoms with Crippen molar-refractivity contribution in [2.75, 3.05) is 10.2 Å². The minimum atomic E-state index is -1.06. The number of nitrogens with zero attached hydrogens (tertiary/aromatic N) is 4. The number of aromatic carboxylic acids is 1. The zero-order valence-corrected chi connectivity index (χ0v) is 19.2. The number of benzene rings is 1. The highest BCUT2D eigenvalue weighted by atomic mass is 16.4. The van der Waals surface area contributed by atoms with Crippen LogP contribution in [0.25, 0.3) is 5.65 Å². The van der Waals surface area contributed by atoms with Crippen LogP contribution in [0.4, 0.5) is 11.5 Å². The van der Waals surface area contributed by atoms with Crippen molar-refractivity contribution in [3.05, 3.63) is 98.7 Å². The number of carboxylic acids is 1. The quantitative estimate of drug-likeness (QED) is 0.467. The Morgan fingerprint density at radius 2 is 1.85 bits per heavy atom. The molecule has 5 rings (SSSR count). The number of anilines is 2. The van der Waals surface area contributed by atoms with Gasteiger partial charge in [0.2, 0.25) is 0 Å². The smallest absolute Gasteiger partial charge is 0.339 e. The maximum absolute atomic E-state index is 13.4. The molecule has 8 nitrogen and oxygen atoms in total. The van der Waals surface area contributed by atoms with Gasteiger partial charge in [0.15, 0.2) is 0 Å². The molecule has 0 saturated heterocycles. The summed E-state index contributed by atoms with van der Waals surface area (Å²) in [6.07, 6.45) is 4.66. The zero-order valence-electron chi connectivity index (χ0n) is 19.2. The summed E-state index contributed by atoms with van der Waals surface area (Å²) in [7, 11) is 0. The van der Waals surface area contributed by atoms with Crippen LogP contribution in [-0.4, -0.2) is 25.4 Å². The van der Waals surface area contributed by atoms with Crippen LogP contribution in [-0.2, 0) is 13.1 Å². The number of pyridine rings is 2. The van der Waals surface area contributed by atoms with Crippen molar-refractivity contribution in [3.63, 3.8) is 0 Å². The van der Waals surface area contributed by atoms with E-state index in [0.29, 0.717) is 35.8 Å². The predicted molar refractivity (Wildman–Crippen MR) is 130 cm³/mol. The van der Waals surface area contributed by atoms with Gasteiger partial charge in [0, 0.05) is 37.2 Å². The Balaban J connectivity index is 1.60. The lowest BCUT2D eigenvalue weighted by molar-refractivity contribution is 0.0697. The summed E-state index contributed by atoms with van der Waals surface area (Å²) in [5, 5.41) is 12.8. The Kier molecular flexibility index (Phi) is 5.28. The number of carbonyl (C=O) groups is 1. The average Bonchev–Trinajstić information content (AvgIpc) is 3.25. The van der Waals surface area contributed by atoms with Crippen molar-refractivity contribution in [1.29, 1.82) is 0 Å². The molecule has 1 aliphatic heterocycles. The first kappa shape index (κ1) is 21.6. The van der Waals surface area contributed by atoms with Crippen LogP contribution in [0.3, 0.4) is 0 Å². The van der Waals surface area contributed by atoms with Gasteiger partial charge in [-0.2, -0.15) is 0 Å². The predicted octanol–water partition coefficient (Wildman–Crippen LogP) is 4.10. The third-order valence-corrected chi connectivity index (χ3v) is 6.32. The second-order valence-electron chi connectivity index (χ2n) is 8.75. The van der Waals surface area contributed by atoms with Crippen LogP contribution in [0.2, 0.25) is 0 Å². The summed E-state index contributed by atoms with van der Waals surface area (Å²) >= 11 is 0. The van der Waals surface area contributed by atoms with E-state index in [1.807, 2.05) is 39.0 Å². The van der Waals surface area contributed by atoms with Gasteiger partial charge >= 0.3 is 5.97 Å². The van der Waals surface area contributed by atoms with Crippen LogP contribution in [0, 0.1) is 13.8 Å². The summed E-state index contributed by atoms with van der Waals surface area (Å²) < 4.78 is 1.59. The Hall–Kier alpha value is -4.20. The number of nitrogens with one attached hydrogen (secondary N) is 1. The van der Waals surface area contributed by atoms with Crippen molar-refractivity contribution in [1.82, 2.24) is 14.4 Å². The summed E-state index contributed by atoms with van der Waals surface area (Å²) in [6.45, 7) is 7.08. The Bertz CT molecular complexity index is 1470. The molecule has 3 aromatic heterocycles. The lowest BCUT2D eigenvalue weighted by atomic mass is 10.1. The molecule has 0 radical (unpaired) electrons. The van der Waals surface area contributed by atoms with Gasteiger partial charge in [0.25, 0.3) is 5.56 Å². The Labute approximate surface area is 196 Å². The SMILES string of the molecule is Cc1cc(C(C)Nc2ccncc2C(=O)O)c2nc(N3Cc4ccccc4C3)c(C)c(=O)n2c1. The second-order valence-corrected chi connectivity index (χ2v) is 8.75. The molecule has 0 bridgehead atoms. The maximum atomic E-state index is 13.4. The van der Waals surface area contributed by atoms with E-state index in [4.69, 9.17) is 4.98 Å². The minimum Gasteiger partial charge on any atom is -0.478 e. The third-order valence-electron chi connectivity index (χ3n) is 6.32. The highest BCUT2D eigenvalue weighted by molar-refractivity contribution is 5.93. The normalized spacial score (nSPS) is 13.7. The van der Waals surface area contributed by atoms with Crippen molar-refractivity contribution >= 4 is 23.1 Å². The topological polar surface area (TPSA) is 99.8 Å². The van der Waals surface area contributed by atoms with E-state index in [1.165, 1.54) is 17.3 Å². The molecule has 1 aromatic carbocycles. The number of fused-ring (bicyclic) bond motifs is 2. The lowest BCUT2D eigenvalue weighted by Crippen LogP contribution is -2.27. The maximum Gasteiger partial charge on any atom is 0.339 e. The Morgan fingerprint density at radius 1 is 1.15 bits per heavy atom. The number of hydrogen-bond donors (Lipinski definition) is 2. The third kappa shape index (κ3) is 3.67. The molecule has 4 heterocycles. The van der Waals surface area contributed by atoms with Crippen LogP contribution < -0.4 is 15.8 Å². The van der Waals surface area contributed by atoms with Gasteiger partial charge in [-0.15, -0.1) is 0 Å². The van der Waals surface area contributed by atoms with Gasteiger partial charge in [0.1, 0.15) is 17.0 Å². The summed E-state index contributed by atoms with van der Waals surface area (Å²) in [5.74, 6) is -0.383. The van der Waals surface area contributed by atoms with E-state index in [9.17, 15) is 14.7 Å². The monoisotopic (exact) mass is 455 g/mol. The fourth-order valence-corrected chi connectivity index (χ4v) is 4.60. The number of hydrogen-bond acceptors (Lipinski definition) is 6. The molecule has 2 N–H and O–H groups in total. The summed E-state index contributed by atoms with van der Waals surface area (Å²) in [4.78, 5) is 36.1. The van der Waals surface area contributed by atoms with Gasteiger partial charge in [-0.1, -0.05) is 24.3 Å². The standard InChI is InChI=1S/C26H25N5O3/c1-15-10-20(17(3)28-22-8-9-27-11-21(22)26(33)34)24-29-23(16(2)25(32)31(24)12-15)30-13-18-6-4-5-7-19(18)14-30/h4-12,17H,13-14H2,1-3H3,(H,27,28)(H,33,34). The molecule has 0 spiro atoms. The van der Waals surface area contributed by atoms with Gasteiger partial charge in [-0.05, 0) is 49.6 Å². The van der Waals surface area contributed by atoms with Crippen LogP contribution in [0.1, 0.15) is 51.1 Å². The number of aryl methyl sites for hydroxylation is 1. The molecule has 1 aliphatic rings. The van der Waals surface area contributed by atoms with E-state index in [0.717, 1.165) is 11.1 Å². The lowest BCUT2D eigenvalue weighted by Gasteiger charge is -2.23. The van der Waals surface area contributed by atoms with Crippen molar-refractivity contribution in [3.8, 4) is 0 Å². The van der Waals surface area contributed by atoms with E-state index in [-0.39, 0.29) is 17.2 Å². The van der Waals surface area contributed by atoms with Gasteiger partial charge in [-0.3, -0.25) is 14.2 Å². The average molecular weight is 456 g/mol. The minimum absolute atomic E-state index is 0.0859. The van der Waals surface area contributed by atoms with E-state index >= 15 is 0 Å². The van der Waals surface area contributed by atoms with E-state index < -0.39 is 5.97 Å². The molecule has 4 aromatic rings. The van der Waals surface area contributed by atoms with Crippen molar-refractivity contribution in [2.45, 2.75) is 39.9 Å². The Morgan fingerprint density at radius 3 is 2.53 bits per heavy atom. The molecular formula is C26H25N5O3. The van der Waals surface area contributed by atoms with Crippen LogP contribution >= 0.6 is 0 Å². The van der Waals surface area contributed by atoms with Crippen LogP contribution in [0.15, 0.2) is 59.8 Å². The molecule has 1 unspecified atom stereocenters. The van der Waals surface area contributed by atoms with Crippen molar-refractivity contribution in [2.24, 2.45) is 0 Å². The first-order valence-electron chi connectivity index (χ1n) is 11.1. The van der Waals surface area contributed by atoms with Gasteiger partial charge in [0.05, 0.1) is 17.3 Å². The first-order chi connectivity index (χ1) is 16.3. The molecule has 172 valence electrons. The van der Waals surface area contributed by atoms with Crippen LogP contribution in [0.5, 0.6) is 0 Å². The number of aromatic nitrogens is 3. The molecule has 0 aliphatic carbocycles. The highest BCUT2D eigenvalue weighted by Crippen LogP contribution is 2.30. The fourth-order valence-electron chi connectivity index (χ4n) is 4.60. The largest absolute Gasteiger partial charge is 0.478 e. The second kappa shape index (κ2) is 8.30. The molecule has 0 saturated carbocycles. The molecule has 0 amide bonds. The summed E-state index contributed by atoms with van der Waals surface area (Å²) in [6, 6.07) is 11.6. The molecule has 0 fully saturated rings. The van der Waals surface area contributed by atoms with Gasteiger partial charge in [-0.25, -0.2) is 9.78 Å². The molecule has 34 heavy (non-hydrogen) atoms. The fraction of sp³-hybridized carbons (Fsp3) is 0.231. The van der Waals surface area contributed by atoms with Gasteiger partial charge < -0.3 is 15.3 Å². The highest BCUT2D eigenvalue weighted by Gasteiger charge is 2.24. The van der Waals surface area contributed by atoms with E-state index in [2.05, 4.69) is 27.3 Å². The molecular weight excluding hydrogens is 430 g/mol. The molecule has 8 heteroatoms. The summed E-state index contributed by atoms with van der Waals surface area (Å²) in [5.41, 5.74) is 5.79. The number of carboxylic acid groups (broad SMARTS) is 1. The first-order valence-corrected chi connectivity index (χ1v) is 11.1. The zero-order chi connectivity index (χ0) is 24.0. The number of rotatable bonds is 5. The molecule has 1 atom stereocenters. The van der Waals surface area contributed by atoms with E-state index in [1.54, 1.807) is 22.9 Å². The van der Waals surface area contributed by atoms with Crippen molar-refractivity contribution < 1.29 is 9.90 Å².